The average molecular weight is 340 g/mol. The van der Waals surface area contributed by atoms with Gasteiger partial charge in [-0.2, -0.15) is 0 Å². The van der Waals surface area contributed by atoms with Gasteiger partial charge in [-0.1, -0.05) is 5.16 Å². The summed E-state index contributed by atoms with van der Waals surface area (Å²) < 4.78 is 9.66. The van der Waals surface area contributed by atoms with Gasteiger partial charge in [-0.3, -0.25) is 0 Å². The summed E-state index contributed by atoms with van der Waals surface area (Å²) >= 11 is 0. The largest absolute Gasteiger partial charge is 0.465 e. The van der Waals surface area contributed by atoms with Gasteiger partial charge < -0.3 is 25.6 Å². The smallest absolute Gasteiger partial charge is 0.337 e. The van der Waals surface area contributed by atoms with Crippen molar-refractivity contribution in [3.63, 3.8) is 0 Å². The van der Waals surface area contributed by atoms with Gasteiger partial charge in [-0.25, -0.2) is 14.8 Å². The Kier molecular flexibility index (Phi) is 4.46. The highest BCUT2D eigenvalue weighted by Crippen LogP contribution is 2.28. The maximum Gasteiger partial charge on any atom is 0.337 e. The standard InChI is InChI=1S/C16H16N6O3/c1-9-7-12(22-25-9)21-15-13(17)14(18-8-19-15)20-11-5-3-10(4-6-11)16(23)24-2/h3-8H,17H2,1-2H3,(H2,18,19,20,21,22). The average Bonchev–Trinajstić information content (AvgIpc) is 3.03. The monoisotopic (exact) mass is 340 g/mol. The molecule has 0 aliphatic rings. The lowest BCUT2D eigenvalue weighted by molar-refractivity contribution is 0.0601. The first-order chi connectivity index (χ1) is 12.1. The normalized spacial score (nSPS) is 10.3. The molecule has 0 saturated heterocycles. The van der Waals surface area contributed by atoms with E-state index in [1.165, 1.54) is 13.4 Å². The number of nitrogens with one attached hydrogen (secondary N) is 2. The van der Waals surface area contributed by atoms with Crippen molar-refractivity contribution in [1.82, 2.24) is 15.1 Å². The van der Waals surface area contributed by atoms with Gasteiger partial charge in [0, 0.05) is 11.8 Å². The van der Waals surface area contributed by atoms with Crippen molar-refractivity contribution >= 4 is 34.8 Å². The number of aryl methyl sites for hydroxylation is 1. The topological polar surface area (TPSA) is 128 Å². The Labute approximate surface area is 143 Å². The zero-order valence-corrected chi connectivity index (χ0v) is 13.6. The lowest BCUT2D eigenvalue weighted by Gasteiger charge is -2.11. The Balaban J connectivity index is 1.78. The van der Waals surface area contributed by atoms with Crippen molar-refractivity contribution in [2.45, 2.75) is 6.92 Å². The molecule has 0 bridgehead atoms. The maximum atomic E-state index is 11.5. The van der Waals surface area contributed by atoms with E-state index in [9.17, 15) is 4.79 Å². The Bertz CT molecular complexity index is 891. The van der Waals surface area contributed by atoms with Gasteiger partial charge in [0.15, 0.2) is 17.5 Å². The van der Waals surface area contributed by atoms with E-state index in [1.807, 2.05) is 0 Å². The highest BCUT2D eigenvalue weighted by Gasteiger charge is 2.11. The van der Waals surface area contributed by atoms with Crippen LogP contribution in [0, 0.1) is 6.92 Å². The number of rotatable bonds is 5. The van der Waals surface area contributed by atoms with Gasteiger partial charge in [0.05, 0.1) is 12.7 Å². The van der Waals surface area contributed by atoms with Crippen LogP contribution in [0.25, 0.3) is 0 Å². The van der Waals surface area contributed by atoms with E-state index in [0.717, 1.165) is 0 Å². The molecular formula is C16H16N6O3. The van der Waals surface area contributed by atoms with E-state index < -0.39 is 5.97 Å². The highest BCUT2D eigenvalue weighted by atomic mass is 16.5. The minimum Gasteiger partial charge on any atom is -0.465 e. The molecule has 0 radical (unpaired) electrons. The summed E-state index contributed by atoms with van der Waals surface area (Å²) in [6.45, 7) is 1.78. The molecule has 0 atom stereocenters. The predicted molar refractivity (Wildman–Crippen MR) is 92.0 cm³/mol. The van der Waals surface area contributed by atoms with Crippen LogP contribution in [0.2, 0.25) is 0 Å². The number of anilines is 5. The number of aromatic nitrogens is 3. The molecule has 3 rings (SSSR count). The number of carbonyl (C=O) groups excluding carboxylic acids is 1. The van der Waals surface area contributed by atoms with Gasteiger partial charge in [-0.05, 0) is 31.2 Å². The molecule has 0 saturated carbocycles. The van der Waals surface area contributed by atoms with E-state index in [1.54, 1.807) is 37.3 Å². The Hall–Kier alpha value is -3.62. The molecule has 1 aromatic carbocycles. The second-order valence-electron chi connectivity index (χ2n) is 5.13. The molecule has 128 valence electrons. The number of ether oxygens (including phenoxy) is 1. The summed E-state index contributed by atoms with van der Waals surface area (Å²) in [6.07, 6.45) is 1.37. The number of nitrogen functional groups attached to an aromatic ring is 1. The highest BCUT2D eigenvalue weighted by molar-refractivity contribution is 5.90. The molecule has 2 aromatic heterocycles. The third-order valence-electron chi connectivity index (χ3n) is 3.33. The number of benzene rings is 1. The van der Waals surface area contributed by atoms with E-state index in [0.29, 0.717) is 40.2 Å². The van der Waals surface area contributed by atoms with Gasteiger partial charge in [0.2, 0.25) is 0 Å². The van der Waals surface area contributed by atoms with Crippen LogP contribution in [0.5, 0.6) is 0 Å². The van der Waals surface area contributed by atoms with Crippen molar-refractivity contribution in [3.8, 4) is 0 Å². The molecule has 0 aliphatic carbocycles. The fourth-order valence-corrected chi connectivity index (χ4v) is 2.09. The van der Waals surface area contributed by atoms with Gasteiger partial charge in [0.25, 0.3) is 0 Å². The third-order valence-corrected chi connectivity index (χ3v) is 3.33. The first-order valence-electron chi connectivity index (χ1n) is 7.33. The van der Waals surface area contributed by atoms with Crippen molar-refractivity contribution in [2.24, 2.45) is 0 Å². The molecule has 0 spiro atoms. The SMILES string of the molecule is COC(=O)c1ccc(Nc2ncnc(Nc3cc(C)on3)c2N)cc1. The lowest BCUT2D eigenvalue weighted by atomic mass is 10.2. The van der Waals surface area contributed by atoms with E-state index >= 15 is 0 Å². The number of methoxy groups -OCH3 is 1. The fraction of sp³-hybridized carbons (Fsp3) is 0.125. The maximum absolute atomic E-state index is 11.5. The number of nitrogens with two attached hydrogens (primary N) is 1. The van der Waals surface area contributed by atoms with E-state index in [2.05, 4.69) is 30.5 Å². The second-order valence-corrected chi connectivity index (χ2v) is 5.13. The van der Waals surface area contributed by atoms with E-state index in [-0.39, 0.29) is 0 Å². The molecule has 9 heteroatoms. The van der Waals surface area contributed by atoms with Crippen LogP contribution in [-0.4, -0.2) is 28.2 Å². The zero-order chi connectivity index (χ0) is 17.8. The quantitative estimate of drug-likeness (QED) is 0.600. The number of esters is 1. The van der Waals surface area contributed by atoms with Crippen molar-refractivity contribution in [2.75, 3.05) is 23.5 Å². The van der Waals surface area contributed by atoms with Gasteiger partial charge >= 0.3 is 5.97 Å². The molecule has 2 heterocycles. The number of nitrogens with zero attached hydrogens (tertiary/aromatic N) is 3. The summed E-state index contributed by atoms with van der Waals surface area (Å²) in [4.78, 5) is 19.7. The molecule has 4 N–H and O–H groups in total. The summed E-state index contributed by atoms with van der Waals surface area (Å²) in [5.74, 6) is 1.58. The predicted octanol–water partition coefficient (Wildman–Crippen LogP) is 2.63. The van der Waals surface area contributed by atoms with Crippen LogP contribution in [0.4, 0.5) is 28.8 Å². The van der Waals surface area contributed by atoms with Crippen LogP contribution in [0.15, 0.2) is 41.2 Å². The molecule has 9 nitrogen and oxygen atoms in total. The molecule has 0 fully saturated rings. The number of carbonyl (C=O) groups is 1. The Morgan fingerprint density at radius 1 is 1.16 bits per heavy atom. The van der Waals surface area contributed by atoms with E-state index in [4.69, 9.17) is 10.3 Å². The summed E-state index contributed by atoms with van der Waals surface area (Å²) in [5.41, 5.74) is 7.58. The van der Waals surface area contributed by atoms with Crippen molar-refractivity contribution < 1.29 is 14.1 Å². The minimum absolute atomic E-state index is 0.320. The number of hydrogen-bond donors (Lipinski definition) is 3. The molecule has 25 heavy (non-hydrogen) atoms. The van der Waals surface area contributed by atoms with Crippen LogP contribution in [0.1, 0.15) is 16.1 Å². The molecule has 0 amide bonds. The van der Waals surface area contributed by atoms with Gasteiger partial charge in [-0.15, -0.1) is 0 Å². The van der Waals surface area contributed by atoms with Crippen LogP contribution in [-0.2, 0) is 4.74 Å². The summed E-state index contributed by atoms with van der Waals surface area (Å²) in [5, 5.41) is 9.88. The van der Waals surface area contributed by atoms with Crippen LogP contribution in [0.3, 0.4) is 0 Å². The van der Waals surface area contributed by atoms with Gasteiger partial charge in [0.1, 0.15) is 17.8 Å². The summed E-state index contributed by atoms with van der Waals surface area (Å²) in [7, 11) is 1.33. The fourth-order valence-electron chi connectivity index (χ4n) is 2.09. The second kappa shape index (κ2) is 6.87. The zero-order valence-electron chi connectivity index (χ0n) is 13.6. The third kappa shape index (κ3) is 3.66. The van der Waals surface area contributed by atoms with Crippen molar-refractivity contribution in [1.29, 1.82) is 0 Å². The molecule has 0 unspecified atom stereocenters. The van der Waals surface area contributed by atoms with Crippen LogP contribution >= 0.6 is 0 Å². The minimum atomic E-state index is -0.400. The number of hydrogen-bond acceptors (Lipinski definition) is 9. The Morgan fingerprint density at radius 3 is 2.44 bits per heavy atom. The molecule has 3 aromatic rings. The summed E-state index contributed by atoms with van der Waals surface area (Å²) in [6, 6.07) is 8.45. The van der Waals surface area contributed by atoms with Crippen molar-refractivity contribution in [3.05, 3.63) is 48.0 Å². The first-order valence-corrected chi connectivity index (χ1v) is 7.33. The molecular weight excluding hydrogens is 324 g/mol. The lowest BCUT2D eigenvalue weighted by Crippen LogP contribution is -2.05. The molecule has 0 aliphatic heterocycles. The van der Waals surface area contributed by atoms with Crippen LogP contribution < -0.4 is 16.4 Å². The first kappa shape index (κ1) is 16.2. The Morgan fingerprint density at radius 2 is 1.84 bits per heavy atom.